The number of carbonyl (C=O) groups is 1. The number of nitriles is 1. The monoisotopic (exact) mass is 377 g/mol. The number of anilines is 2. The average molecular weight is 379 g/mol. The summed E-state index contributed by atoms with van der Waals surface area (Å²) in [6.45, 7) is 2.02. The Morgan fingerprint density at radius 2 is 2.00 bits per heavy atom. The molecule has 0 unspecified atom stereocenters. The number of rotatable bonds is 4. The predicted octanol–water partition coefficient (Wildman–Crippen LogP) is 4.54. The fourth-order valence-corrected chi connectivity index (χ4v) is 2.89. The Labute approximate surface area is 142 Å². The molecule has 0 aliphatic carbocycles. The zero-order valence-corrected chi connectivity index (χ0v) is 14.1. The van der Waals surface area contributed by atoms with Crippen LogP contribution in [0.1, 0.15) is 18.1 Å². The largest absolute Gasteiger partial charge is 0.379 e. The first-order chi connectivity index (χ1) is 10.5. The highest BCUT2D eigenvalue weighted by Gasteiger charge is 2.08. The summed E-state index contributed by atoms with van der Waals surface area (Å²) in [5.41, 5.74) is 2.97. The maximum Gasteiger partial charge on any atom is 0.221 e. The molecule has 0 aliphatic heterocycles. The molecule has 0 heterocycles. The van der Waals surface area contributed by atoms with Crippen LogP contribution in [0.3, 0.4) is 0 Å². The minimum absolute atomic E-state index is 0.102. The van der Waals surface area contributed by atoms with Gasteiger partial charge in [0.2, 0.25) is 5.91 Å². The second-order valence-electron chi connectivity index (χ2n) is 4.65. The molecule has 1 amide bonds. The van der Waals surface area contributed by atoms with Crippen molar-refractivity contribution < 1.29 is 4.79 Å². The van der Waals surface area contributed by atoms with E-state index in [1.54, 1.807) is 12.1 Å². The molecule has 22 heavy (non-hydrogen) atoms. The molecule has 2 N–H and O–H groups in total. The Bertz CT molecular complexity index is 738. The minimum Gasteiger partial charge on any atom is -0.379 e. The molecule has 0 spiro atoms. The molecule has 2 rings (SSSR count). The fourth-order valence-electron chi connectivity index (χ4n) is 1.94. The Hall–Kier alpha value is -2.03. The quantitative estimate of drug-likeness (QED) is 0.820. The van der Waals surface area contributed by atoms with Gasteiger partial charge in [0.15, 0.2) is 0 Å². The van der Waals surface area contributed by atoms with Crippen LogP contribution in [0.2, 0.25) is 5.02 Å². The van der Waals surface area contributed by atoms with E-state index in [9.17, 15) is 10.1 Å². The molecule has 112 valence electrons. The summed E-state index contributed by atoms with van der Waals surface area (Å²) in [6.07, 6.45) is 0. The van der Waals surface area contributed by atoms with Gasteiger partial charge in [-0.1, -0.05) is 23.7 Å². The number of halogens is 2. The first-order valence-corrected chi connectivity index (χ1v) is 7.66. The summed E-state index contributed by atoms with van der Waals surface area (Å²) >= 11 is 9.34. The van der Waals surface area contributed by atoms with Crippen molar-refractivity contribution in [2.24, 2.45) is 0 Å². The van der Waals surface area contributed by atoms with Crippen LogP contribution in [0.4, 0.5) is 11.4 Å². The lowest BCUT2D eigenvalue weighted by molar-refractivity contribution is -0.114. The topological polar surface area (TPSA) is 64.9 Å². The van der Waals surface area contributed by atoms with Crippen LogP contribution in [-0.2, 0) is 11.3 Å². The molecule has 6 heteroatoms. The van der Waals surface area contributed by atoms with Gasteiger partial charge in [-0.2, -0.15) is 5.26 Å². The molecule has 0 aliphatic rings. The molecular weight excluding hydrogens is 366 g/mol. The van der Waals surface area contributed by atoms with E-state index in [-0.39, 0.29) is 5.91 Å². The van der Waals surface area contributed by atoms with Crippen LogP contribution >= 0.6 is 27.5 Å². The third-order valence-electron chi connectivity index (χ3n) is 2.92. The number of nitrogens with zero attached hydrogens (tertiary/aromatic N) is 1. The van der Waals surface area contributed by atoms with E-state index in [0.29, 0.717) is 22.8 Å². The number of carbonyl (C=O) groups excluding carboxylic acids is 1. The van der Waals surface area contributed by atoms with Crippen molar-refractivity contribution >= 4 is 44.8 Å². The van der Waals surface area contributed by atoms with E-state index >= 15 is 0 Å². The SMILES string of the molecule is CC(=O)Nc1ccc(CNc2c(Br)cc(Cl)cc2C#N)cc1. The number of hydrogen-bond donors (Lipinski definition) is 2. The van der Waals surface area contributed by atoms with Crippen molar-refractivity contribution in [1.29, 1.82) is 5.26 Å². The Morgan fingerprint density at radius 1 is 1.32 bits per heavy atom. The van der Waals surface area contributed by atoms with Crippen molar-refractivity contribution in [1.82, 2.24) is 0 Å². The lowest BCUT2D eigenvalue weighted by Gasteiger charge is -2.11. The molecule has 0 aromatic heterocycles. The van der Waals surface area contributed by atoms with Crippen LogP contribution < -0.4 is 10.6 Å². The second-order valence-corrected chi connectivity index (χ2v) is 5.94. The first-order valence-electron chi connectivity index (χ1n) is 6.49. The van der Waals surface area contributed by atoms with Gasteiger partial charge in [0, 0.05) is 28.7 Å². The van der Waals surface area contributed by atoms with E-state index in [1.807, 2.05) is 24.3 Å². The van der Waals surface area contributed by atoms with E-state index in [4.69, 9.17) is 11.6 Å². The minimum atomic E-state index is -0.102. The third kappa shape index (κ3) is 4.23. The van der Waals surface area contributed by atoms with Crippen LogP contribution in [-0.4, -0.2) is 5.91 Å². The summed E-state index contributed by atoms with van der Waals surface area (Å²) < 4.78 is 0.742. The highest BCUT2D eigenvalue weighted by molar-refractivity contribution is 9.10. The lowest BCUT2D eigenvalue weighted by Crippen LogP contribution is -2.06. The van der Waals surface area contributed by atoms with Crippen molar-refractivity contribution in [2.75, 3.05) is 10.6 Å². The molecule has 0 fully saturated rings. The predicted molar refractivity (Wildman–Crippen MR) is 91.9 cm³/mol. The zero-order valence-electron chi connectivity index (χ0n) is 11.8. The number of hydrogen-bond acceptors (Lipinski definition) is 3. The van der Waals surface area contributed by atoms with Crippen LogP contribution in [0, 0.1) is 11.3 Å². The molecule has 0 saturated carbocycles. The van der Waals surface area contributed by atoms with E-state index < -0.39 is 0 Å². The number of nitrogens with one attached hydrogen (secondary N) is 2. The van der Waals surface area contributed by atoms with Gasteiger partial charge in [-0.25, -0.2) is 0 Å². The van der Waals surface area contributed by atoms with Crippen molar-refractivity contribution in [3.8, 4) is 6.07 Å². The second kappa shape index (κ2) is 7.30. The molecule has 0 radical (unpaired) electrons. The number of benzene rings is 2. The van der Waals surface area contributed by atoms with Crippen molar-refractivity contribution in [3.63, 3.8) is 0 Å². The van der Waals surface area contributed by atoms with Gasteiger partial charge in [0.25, 0.3) is 0 Å². The van der Waals surface area contributed by atoms with E-state index in [0.717, 1.165) is 15.7 Å². The normalized spacial score (nSPS) is 9.91. The standard InChI is InChI=1S/C16H13BrClN3O/c1-10(22)21-14-4-2-11(3-5-14)9-20-16-12(8-19)6-13(18)7-15(16)17/h2-7,20H,9H2,1H3,(H,21,22). The van der Waals surface area contributed by atoms with Gasteiger partial charge >= 0.3 is 0 Å². The van der Waals surface area contributed by atoms with Crippen molar-refractivity contribution in [2.45, 2.75) is 13.5 Å². The fraction of sp³-hybridized carbons (Fsp3) is 0.125. The summed E-state index contributed by atoms with van der Waals surface area (Å²) in [7, 11) is 0. The molecule has 2 aromatic rings. The molecule has 4 nitrogen and oxygen atoms in total. The van der Waals surface area contributed by atoms with Crippen molar-refractivity contribution in [3.05, 3.63) is 57.0 Å². The highest BCUT2D eigenvalue weighted by atomic mass is 79.9. The zero-order chi connectivity index (χ0) is 16.1. The summed E-state index contributed by atoms with van der Waals surface area (Å²) in [4.78, 5) is 11.0. The molecule has 2 aromatic carbocycles. The Morgan fingerprint density at radius 3 is 2.59 bits per heavy atom. The van der Waals surface area contributed by atoms with Gasteiger partial charge in [-0.05, 0) is 45.8 Å². The van der Waals surface area contributed by atoms with Gasteiger partial charge < -0.3 is 10.6 Å². The smallest absolute Gasteiger partial charge is 0.221 e. The van der Waals surface area contributed by atoms with Gasteiger partial charge in [0.1, 0.15) is 6.07 Å². The van der Waals surface area contributed by atoms with Gasteiger partial charge in [-0.3, -0.25) is 4.79 Å². The van der Waals surface area contributed by atoms with Crippen LogP contribution in [0.5, 0.6) is 0 Å². The molecule has 0 atom stereocenters. The molecule has 0 bridgehead atoms. The highest BCUT2D eigenvalue weighted by Crippen LogP contribution is 2.30. The molecule has 0 saturated heterocycles. The first kappa shape index (κ1) is 16.3. The number of amides is 1. The maximum atomic E-state index is 11.0. The summed E-state index contributed by atoms with van der Waals surface area (Å²) in [5.74, 6) is -0.102. The third-order valence-corrected chi connectivity index (χ3v) is 3.76. The average Bonchev–Trinajstić information content (AvgIpc) is 2.46. The van der Waals surface area contributed by atoms with Gasteiger partial charge in [-0.15, -0.1) is 0 Å². The summed E-state index contributed by atoms with van der Waals surface area (Å²) in [6, 6.07) is 13.0. The van der Waals surface area contributed by atoms with Crippen LogP contribution in [0.25, 0.3) is 0 Å². The van der Waals surface area contributed by atoms with E-state index in [1.165, 1.54) is 6.92 Å². The van der Waals surface area contributed by atoms with Crippen LogP contribution in [0.15, 0.2) is 40.9 Å². The molecular formula is C16H13BrClN3O. The maximum absolute atomic E-state index is 11.0. The van der Waals surface area contributed by atoms with Gasteiger partial charge in [0.05, 0.1) is 11.3 Å². The lowest BCUT2D eigenvalue weighted by atomic mass is 10.1. The Kier molecular flexibility index (Phi) is 5.42. The summed E-state index contributed by atoms with van der Waals surface area (Å²) in [5, 5.41) is 15.6. The van der Waals surface area contributed by atoms with E-state index in [2.05, 4.69) is 32.6 Å². The Balaban J connectivity index is 2.11.